The summed E-state index contributed by atoms with van der Waals surface area (Å²) in [6.07, 6.45) is 1.57. The number of benzene rings is 2. The Morgan fingerprint density at radius 1 is 1.04 bits per heavy atom. The van der Waals surface area contributed by atoms with E-state index in [4.69, 9.17) is 5.73 Å². The molecule has 3 N–H and O–H groups in total. The first-order valence-electron chi connectivity index (χ1n) is 8.12. The lowest BCUT2D eigenvalue weighted by atomic mass is 10.1. The number of nitrogens with two attached hydrogens (primary N) is 1. The summed E-state index contributed by atoms with van der Waals surface area (Å²) in [4.78, 5) is 4.08. The first kappa shape index (κ1) is 18.2. The number of nitrogen functional groups attached to an aromatic ring is 1. The topological polar surface area (TPSA) is 118 Å². The molecular formula is C19H14N4O3S2. The van der Waals surface area contributed by atoms with E-state index in [0.29, 0.717) is 16.5 Å². The molecule has 4 aromatic rings. The normalized spacial score (nSPS) is 12.0. The molecule has 0 aliphatic heterocycles. The second-order valence-electron chi connectivity index (χ2n) is 5.94. The Bertz CT molecular complexity index is 1280. The van der Waals surface area contributed by atoms with Crippen LogP contribution in [0.3, 0.4) is 0 Å². The van der Waals surface area contributed by atoms with Crippen molar-refractivity contribution in [1.82, 2.24) is 4.98 Å². The van der Waals surface area contributed by atoms with Gasteiger partial charge in [0, 0.05) is 21.7 Å². The number of fused-ring (bicyclic) bond motifs is 1. The van der Waals surface area contributed by atoms with Gasteiger partial charge in [0.25, 0.3) is 10.1 Å². The van der Waals surface area contributed by atoms with Gasteiger partial charge in [-0.25, -0.2) is 0 Å². The fourth-order valence-corrected chi connectivity index (χ4v) is 4.15. The van der Waals surface area contributed by atoms with Crippen molar-refractivity contribution < 1.29 is 13.0 Å². The van der Waals surface area contributed by atoms with Crippen LogP contribution in [0.2, 0.25) is 0 Å². The third-order valence-electron chi connectivity index (χ3n) is 4.14. The van der Waals surface area contributed by atoms with Crippen LogP contribution in [0.15, 0.2) is 80.6 Å². The molecule has 140 valence electrons. The Morgan fingerprint density at radius 3 is 2.46 bits per heavy atom. The number of aromatic nitrogens is 1. The van der Waals surface area contributed by atoms with Gasteiger partial charge in [0.05, 0.1) is 17.6 Å². The number of nitrogens with zero attached hydrogens (tertiary/aromatic N) is 3. The van der Waals surface area contributed by atoms with Gasteiger partial charge in [-0.05, 0) is 29.6 Å². The Hall–Kier alpha value is -3.14. The smallest absolute Gasteiger partial charge is 0.295 e. The zero-order chi connectivity index (χ0) is 19.7. The molecule has 0 saturated carbocycles. The summed E-state index contributed by atoms with van der Waals surface area (Å²) >= 11 is 1.59. The highest BCUT2D eigenvalue weighted by Crippen LogP contribution is 2.36. The Balaban J connectivity index is 1.74. The van der Waals surface area contributed by atoms with Crippen molar-refractivity contribution >= 4 is 49.3 Å². The number of thiophene rings is 1. The van der Waals surface area contributed by atoms with E-state index in [2.05, 4.69) is 15.2 Å². The minimum Gasteiger partial charge on any atom is -0.396 e. The summed E-state index contributed by atoms with van der Waals surface area (Å²) < 4.78 is 33.1. The fraction of sp³-hybridized carbons (Fsp3) is 0. The van der Waals surface area contributed by atoms with Crippen LogP contribution in [0, 0.1) is 0 Å². The zero-order valence-corrected chi connectivity index (χ0v) is 16.0. The summed E-state index contributed by atoms with van der Waals surface area (Å²) in [7, 11) is -4.45. The molecule has 2 heterocycles. The lowest BCUT2D eigenvalue weighted by Gasteiger charge is -2.09. The van der Waals surface area contributed by atoms with Crippen molar-refractivity contribution in [3.05, 3.63) is 65.5 Å². The molecule has 0 fully saturated rings. The molecule has 0 unspecified atom stereocenters. The maximum Gasteiger partial charge on any atom is 0.295 e. The lowest BCUT2D eigenvalue weighted by Crippen LogP contribution is -2.01. The van der Waals surface area contributed by atoms with E-state index in [-0.39, 0.29) is 16.3 Å². The second kappa shape index (κ2) is 7.12. The van der Waals surface area contributed by atoms with Crippen molar-refractivity contribution in [2.75, 3.05) is 5.73 Å². The van der Waals surface area contributed by atoms with E-state index in [1.165, 1.54) is 6.07 Å². The van der Waals surface area contributed by atoms with Crippen LogP contribution in [0.4, 0.5) is 17.1 Å². The fourth-order valence-electron chi connectivity index (χ4n) is 2.78. The van der Waals surface area contributed by atoms with Crippen LogP contribution in [0.25, 0.3) is 22.0 Å². The average Bonchev–Trinajstić information content (AvgIpc) is 3.22. The van der Waals surface area contributed by atoms with Gasteiger partial charge in [-0.15, -0.1) is 10.2 Å². The summed E-state index contributed by atoms with van der Waals surface area (Å²) in [5.41, 5.74) is 8.88. The van der Waals surface area contributed by atoms with Gasteiger partial charge in [-0.1, -0.05) is 24.3 Å². The molecule has 2 aromatic carbocycles. The summed E-state index contributed by atoms with van der Waals surface area (Å²) in [5.74, 6) is 0. The van der Waals surface area contributed by atoms with E-state index in [9.17, 15) is 13.0 Å². The number of hydrogen-bond donors (Lipinski definition) is 2. The van der Waals surface area contributed by atoms with E-state index < -0.39 is 10.1 Å². The van der Waals surface area contributed by atoms with Crippen molar-refractivity contribution in [1.29, 1.82) is 0 Å². The average molecular weight is 410 g/mol. The molecule has 28 heavy (non-hydrogen) atoms. The van der Waals surface area contributed by atoms with Gasteiger partial charge in [0.1, 0.15) is 16.3 Å². The van der Waals surface area contributed by atoms with Crippen molar-refractivity contribution in [3.63, 3.8) is 0 Å². The predicted molar refractivity (Wildman–Crippen MR) is 110 cm³/mol. The molecule has 0 amide bonds. The van der Waals surface area contributed by atoms with Gasteiger partial charge >= 0.3 is 0 Å². The highest BCUT2D eigenvalue weighted by Gasteiger charge is 2.18. The van der Waals surface area contributed by atoms with Gasteiger partial charge < -0.3 is 5.73 Å². The van der Waals surface area contributed by atoms with E-state index in [1.54, 1.807) is 47.9 Å². The molecule has 4 rings (SSSR count). The van der Waals surface area contributed by atoms with Gasteiger partial charge in [0.2, 0.25) is 0 Å². The number of hydrogen-bond acceptors (Lipinski definition) is 7. The van der Waals surface area contributed by atoms with Crippen LogP contribution in [0.1, 0.15) is 0 Å². The minimum atomic E-state index is -4.45. The lowest BCUT2D eigenvalue weighted by molar-refractivity contribution is 0.484. The number of rotatable bonds is 4. The molecule has 2 aromatic heterocycles. The van der Waals surface area contributed by atoms with Crippen molar-refractivity contribution in [3.8, 4) is 11.3 Å². The molecular weight excluding hydrogens is 396 g/mol. The number of anilines is 1. The third-order valence-corrected chi connectivity index (χ3v) is 5.72. The predicted octanol–water partition coefficient (Wildman–Crippen LogP) is 5.21. The largest absolute Gasteiger partial charge is 0.396 e. The van der Waals surface area contributed by atoms with Crippen LogP contribution < -0.4 is 5.73 Å². The maximum absolute atomic E-state index is 11.8. The number of pyridine rings is 1. The van der Waals surface area contributed by atoms with Crippen molar-refractivity contribution in [2.24, 2.45) is 10.2 Å². The molecule has 0 atom stereocenters. The van der Waals surface area contributed by atoms with Gasteiger partial charge in [0.15, 0.2) is 0 Å². The zero-order valence-electron chi connectivity index (χ0n) is 14.4. The SMILES string of the molecule is Nc1c(/N=N/c2ccc(-c3ccsc3)nc2)cc(S(=O)(=O)O)c2ccccc12. The van der Waals surface area contributed by atoms with Crippen molar-refractivity contribution in [2.45, 2.75) is 4.90 Å². The molecule has 0 aliphatic carbocycles. The van der Waals surface area contributed by atoms with E-state index in [0.717, 1.165) is 11.3 Å². The van der Waals surface area contributed by atoms with E-state index in [1.807, 2.05) is 22.9 Å². The van der Waals surface area contributed by atoms with Crippen LogP contribution in [0.5, 0.6) is 0 Å². The van der Waals surface area contributed by atoms with Crippen LogP contribution in [-0.4, -0.2) is 18.0 Å². The summed E-state index contributed by atoms with van der Waals surface area (Å²) in [5, 5.41) is 12.9. The summed E-state index contributed by atoms with van der Waals surface area (Å²) in [6, 6.07) is 13.4. The first-order valence-corrected chi connectivity index (χ1v) is 10.5. The van der Waals surface area contributed by atoms with Crippen LogP contribution in [-0.2, 0) is 10.1 Å². The Kier molecular flexibility index (Phi) is 4.63. The number of azo groups is 1. The highest BCUT2D eigenvalue weighted by molar-refractivity contribution is 7.86. The Labute approximate surface area is 165 Å². The molecule has 0 radical (unpaired) electrons. The van der Waals surface area contributed by atoms with Crippen LogP contribution >= 0.6 is 11.3 Å². The molecule has 0 bridgehead atoms. The maximum atomic E-state index is 11.8. The standard InChI is InChI=1S/C19H14N4O3S2/c20-19-15-4-2-1-3-14(15)18(28(24,25)26)9-17(19)23-22-13-5-6-16(21-10-13)12-7-8-27-11-12/h1-11H,20H2,(H,24,25,26)/b23-22+. The molecule has 7 nitrogen and oxygen atoms in total. The molecule has 9 heteroatoms. The molecule has 0 saturated heterocycles. The quantitative estimate of drug-likeness (QED) is 0.272. The van der Waals surface area contributed by atoms with E-state index >= 15 is 0 Å². The molecule has 0 spiro atoms. The Morgan fingerprint density at radius 2 is 1.82 bits per heavy atom. The first-order chi connectivity index (χ1) is 13.4. The third kappa shape index (κ3) is 3.50. The second-order valence-corrected chi connectivity index (χ2v) is 8.11. The monoisotopic (exact) mass is 410 g/mol. The molecule has 0 aliphatic rings. The van der Waals surface area contributed by atoms with Gasteiger partial charge in [-0.2, -0.15) is 19.8 Å². The minimum absolute atomic E-state index is 0.147. The highest BCUT2D eigenvalue weighted by atomic mass is 32.2. The summed E-state index contributed by atoms with van der Waals surface area (Å²) in [6.45, 7) is 0. The van der Waals surface area contributed by atoms with Gasteiger partial charge in [-0.3, -0.25) is 9.54 Å².